The van der Waals surface area contributed by atoms with Crippen molar-refractivity contribution in [3.63, 3.8) is 0 Å². The van der Waals surface area contributed by atoms with Crippen LogP contribution in [-0.4, -0.2) is 45.5 Å². The van der Waals surface area contributed by atoms with Gasteiger partial charge in [0.2, 0.25) is 5.95 Å². The fourth-order valence-corrected chi connectivity index (χ4v) is 2.95. The van der Waals surface area contributed by atoms with Gasteiger partial charge in [0, 0.05) is 11.4 Å². The number of anilines is 2. The summed E-state index contributed by atoms with van der Waals surface area (Å²) in [6.45, 7) is 6.33. The normalized spacial score (nSPS) is 11.9. The van der Waals surface area contributed by atoms with Crippen LogP contribution >= 0.6 is 11.3 Å². The fraction of sp³-hybridized carbons (Fsp3) is 0.571. The second kappa shape index (κ2) is 6.55. The number of hydrogen-bond donors (Lipinski definition) is 4. The fourth-order valence-electron chi connectivity index (χ4n) is 2.07. The highest BCUT2D eigenvalue weighted by Crippen LogP contribution is 2.31. The van der Waals surface area contributed by atoms with E-state index in [-0.39, 0.29) is 13.2 Å². The summed E-state index contributed by atoms with van der Waals surface area (Å²) < 4.78 is 0. The van der Waals surface area contributed by atoms with Crippen LogP contribution in [0.25, 0.3) is 10.2 Å². The molecule has 116 valence electrons. The summed E-state index contributed by atoms with van der Waals surface area (Å²) in [5, 5.41) is 26.5. The third kappa shape index (κ3) is 3.25. The Kier molecular flexibility index (Phi) is 4.97. The van der Waals surface area contributed by atoms with Crippen LogP contribution in [0.3, 0.4) is 0 Å². The number of nitrogens with zero attached hydrogens (tertiary/aromatic N) is 2. The maximum atomic E-state index is 9.61. The van der Waals surface area contributed by atoms with Gasteiger partial charge < -0.3 is 20.8 Å². The third-order valence-corrected chi connectivity index (χ3v) is 4.46. The van der Waals surface area contributed by atoms with E-state index in [2.05, 4.69) is 20.6 Å². The monoisotopic (exact) mass is 310 g/mol. The number of aliphatic hydroxyl groups excluding tert-OH is 2. The first-order valence-corrected chi connectivity index (χ1v) is 7.91. The van der Waals surface area contributed by atoms with E-state index in [4.69, 9.17) is 0 Å². The molecule has 21 heavy (non-hydrogen) atoms. The molecule has 2 aromatic rings. The van der Waals surface area contributed by atoms with E-state index in [0.717, 1.165) is 21.6 Å². The van der Waals surface area contributed by atoms with Crippen LogP contribution in [-0.2, 0) is 0 Å². The lowest BCUT2D eigenvalue weighted by Gasteiger charge is -2.30. The molecule has 2 rings (SSSR count). The average molecular weight is 310 g/mol. The molecule has 0 fully saturated rings. The van der Waals surface area contributed by atoms with Crippen LogP contribution in [0.2, 0.25) is 0 Å². The number of fused-ring (bicyclic) bond motifs is 1. The van der Waals surface area contributed by atoms with Gasteiger partial charge in [0.05, 0.1) is 24.1 Å². The van der Waals surface area contributed by atoms with Gasteiger partial charge >= 0.3 is 0 Å². The summed E-state index contributed by atoms with van der Waals surface area (Å²) >= 11 is 1.60. The number of thiophene rings is 1. The van der Waals surface area contributed by atoms with Gasteiger partial charge in [-0.2, -0.15) is 4.98 Å². The minimum atomic E-state index is -0.777. The molecule has 4 N–H and O–H groups in total. The molecule has 7 heteroatoms. The van der Waals surface area contributed by atoms with Crippen molar-refractivity contribution in [3.8, 4) is 0 Å². The first-order chi connectivity index (χ1) is 10.1. The number of aliphatic hydroxyl groups is 2. The lowest BCUT2D eigenvalue weighted by molar-refractivity contribution is 0.132. The zero-order chi connectivity index (χ0) is 15.5. The van der Waals surface area contributed by atoms with Gasteiger partial charge in [-0.3, -0.25) is 0 Å². The van der Waals surface area contributed by atoms with E-state index in [1.54, 1.807) is 11.3 Å². The molecule has 0 amide bonds. The number of aromatic nitrogens is 2. The first-order valence-electron chi connectivity index (χ1n) is 7.09. The summed E-state index contributed by atoms with van der Waals surface area (Å²) in [7, 11) is 0. The van der Waals surface area contributed by atoms with Crippen LogP contribution in [0, 0.1) is 6.92 Å². The Bertz CT molecular complexity index is 602. The number of hydrogen-bond acceptors (Lipinski definition) is 7. The molecule has 6 nitrogen and oxygen atoms in total. The van der Waals surface area contributed by atoms with Crippen molar-refractivity contribution in [1.29, 1.82) is 0 Å². The quantitative estimate of drug-likeness (QED) is 0.625. The SMILES string of the molecule is CCNc1nc(NC(CC)(CO)CO)c2cc(C)sc2n1. The first kappa shape index (κ1) is 15.9. The predicted octanol–water partition coefficient (Wildman–Crippen LogP) is 1.98. The summed E-state index contributed by atoms with van der Waals surface area (Å²) in [6.07, 6.45) is 0.588. The molecule has 0 aliphatic rings. The molecular weight excluding hydrogens is 288 g/mol. The predicted molar refractivity (Wildman–Crippen MR) is 87.1 cm³/mol. The molecule has 0 spiro atoms. The Labute approximate surface area is 128 Å². The molecule has 0 aliphatic carbocycles. The van der Waals surface area contributed by atoms with Gasteiger partial charge in [-0.05, 0) is 26.3 Å². The molecule has 2 heterocycles. The topological polar surface area (TPSA) is 90.3 Å². The Morgan fingerprint density at radius 3 is 2.52 bits per heavy atom. The maximum Gasteiger partial charge on any atom is 0.226 e. The second-order valence-electron chi connectivity index (χ2n) is 5.08. The minimum absolute atomic E-state index is 0.162. The maximum absolute atomic E-state index is 9.61. The van der Waals surface area contributed by atoms with E-state index in [0.29, 0.717) is 18.2 Å². The summed E-state index contributed by atoms with van der Waals surface area (Å²) in [5.41, 5.74) is -0.777. The van der Waals surface area contributed by atoms with Gasteiger partial charge in [-0.15, -0.1) is 11.3 Å². The number of aryl methyl sites for hydroxylation is 1. The highest BCUT2D eigenvalue weighted by atomic mass is 32.1. The molecule has 0 saturated heterocycles. The number of nitrogens with one attached hydrogen (secondary N) is 2. The van der Waals surface area contributed by atoms with E-state index in [1.807, 2.05) is 26.8 Å². The molecule has 0 unspecified atom stereocenters. The van der Waals surface area contributed by atoms with Crippen molar-refractivity contribution in [1.82, 2.24) is 9.97 Å². The molecule has 0 bridgehead atoms. The van der Waals surface area contributed by atoms with Gasteiger partial charge in [-0.1, -0.05) is 6.92 Å². The van der Waals surface area contributed by atoms with E-state index in [1.165, 1.54) is 0 Å². The van der Waals surface area contributed by atoms with Crippen LogP contribution in [0.1, 0.15) is 25.1 Å². The van der Waals surface area contributed by atoms with E-state index < -0.39 is 5.54 Å². The summed E-state index contributed by atoms with van der Waals surface area (Å²) in [5.74, 6) is 1.19. The van der Waals surface area contributed by atoms with Crippen LogP contribution in [0.4, 0.5) is 11.8 Å². The largest absolute Gasteiger partial charge is 0.394 e. The zero-order valence-electron chi connectivity index (χ0n) is 12.6. The lowest BCUT2D eigenvalue weighted by Crippen LogP contribution is -2.45. The van der Waals surface area contributed by atoms with Gasteiger partial charge in [0.1, 0.15) is 10.6 Å². The van der Waals surface area contributed by atoms with Crippen molar-refractivity contribution < 1.29 is 10.2 Å². The molecule has 2 aromatic heterocycles. The van der Waals surface area contributed by atoms with E-state index >= 15 is 0 Å². The van der Waals surface area contributed by atoms with Crippen molar-refractivity contribution in [3.05, 3.63) is 10.9 Å². The molecular formula is C14H22N4O2S. The van der Waals surface area contributed by atoms with Gasteiger partial charge in [-0.25, -0.2) is 4.98 Å². The van der Waals surface area contributed by atoms with E-state index in [9.17, 15) is 10.2 Å². The Morgan fingerprint density at radius 2 is 1.95 bits per heavy atom. The lowest BCUT2D eigenvalue weighted by atomic mass is 9.98. The van der Waals surface area contributed by atoms with Crippen LogP contribution in [0.15, 0.2) is 6.07 Å². The zero-order valence-corrected chi connectivity index (χ0v) is 13.4. The average Bonchev–Trinajstić information content (AvgIpc) is 2.86. The molecule has 0 aliphatic heterocycles. The minimum Gasteiger partial charge on any atom is -0.394 e. The van der Waals surface area contributed by atoms with Crippen LogP contribution in [0.5, 0.6) is 0 Å². The Morgan fingerprint density at radius 1 is 1.24 bits per heavy atom. The Hall–Kier alpha value is -1.44. The van der Waals surface area contributed by atoms with Gasteiger partial charge in [0.25, 0.3) is 0 Å². The Balaban J connectivity index is 2.49. The van der Waals surface area contributed by atoms with Crippen molar-refractivity contribution in [2.24, 2.45) is 0 Å². The standard InChI is InChI=1S/C14H22N4O2S/c1-4-14(7-19,8-20)18-11-10-6-9(3)21-12(10)17-13(16-11)15-5-2/h6,19-20H,4-5,7-8H2,1-3H3,(H2,15,16,17,18). The summed E-state index contributed by atoms with van der Waals surface area (Å²) in [6, 6.07) is 2.02. The number of rotatable bonds is 7. The molecule has 0 aromatic carbocycles. The third-order valence-electron chi connectivity index (χ3n) is 3.52. The highest BCUT2D eigenvalue weighted by molar-refractivity contribution is 7.18. The van der Waals surface area contributed by atoms with Crippen molar-refractivity contribution in [2.45, 2.75) is 32.7 Å². The van der Waals surface area contributed by atoms with Crippen LogP contribution < -0.4 is 10.6 Å². The highest BCUT2D eigenvalue weighted by Gasteiger charge is 2.28. The van der Waals surface area contributed by atoms with Gasteiger partial charge in [0.15, 0.2) is 0 Å². The molecule has 0 atom stereocenters. The van der Waals surface area contributed by atoms with Crippen molar-refractivity contribution >= 4 is 33.3 Å². The smallest absolute Gasteiger partial charge is 0.226 e. The summed E-state index contributed by atoms with van der Waals surface area (Å²) in [4.78, 5) is 11.0. The molecule has 0 radical (unpaired) electrons. The molecule has 0 saturated carbocycles. The second-order valence-corrected chi connectivity index (χ2v) is 6.31. The van der Waals surface area contributed by atoms with Crippen molar-refractivity contribution in [2.75, 3.05) is 30.4 Å².